The van der Waals surface area contributed by atoms with Crippen LogP contribution in [0, 0.1) is 0 Å². The van der Waals surface area contributed by atoms with E-state index in [1.54, 1.807) is 0 Å². The van der Waals surface area contributed by atoms with Crippen molar-refractivity contribution in [1.29, 1.82) is 0 Å². The van der Waals surface area contributed by atoms with Gasteiger partial charge in [-0.2, -0.15) is 0 Å². The number of rotatable bonds is 0. The number of thioether (sulfide) groups is 6. The van der Waals surface area contributed by atoms with Gasteiger partial charge in [-0.1, -0.05) is 143 Å². The smallest absolute Gasteiger partial charge is 0.0577 e. The van der Waals surface area contributed by atoms with Gasteiger partial charge in [0, 0.05) is 33.4 Å². The minimum atomic E-state index is 1.37. The van der Waals surface area contributed by atoms with Crippen LogP contribution in [0.15, 0.2) is 115 Å². The Morgan fingerprint density at radius 1 is 0.271 bits per heavy atom. The summed E-state index contributed by atoms with van der Waals surface area (Å²) in [6, 6.07) is 27.7. The Labute approximate surface area is 308 Å². The maximum atomic E-state index is 2.39. The lowest BCUT2D eigenvalue weighted by molar-refractivity contribution is 1.57. The third-order valence-electron chi connectivity index (χ3n) is 10.2. The van der Waals surface area contributed by atoms with Crippen LogP contribution in [-0.4, -0.2) is 0 Å². The average molecular weight is 727 g/mol. The highest BCUT2D eigenvalue weighted by Gasteiger charge is 2.45. The van der Waals surface area contributed by atoms with Crippen LogP contribution in [0.5, 0.6) is 0 Å². The van der Waals surface area contributed by atoms with Crippen molar-refractivity contribution in [2.75, 3.05) is 0 Å². The lowest BCUT2D eigenvalue weighted by Crippen LogP contribution is -1.98. The van der Waals surface area contributed by atoms with E-state index < -0.39 is 0 Å². The molecule has 6 aliphatic rings. The summed E-state index contributed by atoms with van der Waals surface area (Å²) in [5.74, 6) is 0. The SMILES string of the molecule is CC1=C(C)SC(=C2c3ccccc3-c3c2c2c(c4c3C(=C3SC(C)=C(C)S3)c3ccccc3-4)C(=C3SC(C)=C(C)S3)c3ccccc3-2)S1. The Morgan fingerprint density at radius 2 is 0.479 bits per heavy atom. The predicted molar refractivity (Wildman–Crippen MR) is 221 cm³/mol. The van der Waals surface area contributed by atoms with Crippen LogP contribution in [0.4, 0.5) is 0 Å². The highest BCUT2D eigenvalue weighted by Crippen LogP contribution is 2.69. The molecule has 0 spiro atoms. The van der Waals surface area contributed by atoms with Crippen LogP contribution in [0.25, 0.3) is 50.1 Å². The molecule has 10 rings (SSSR count). The van der Waals surface area contributed by atoms with Crippen LogP contribution in [-0.2, 0) is 0 Å². The van der Waals surface area contributed by atoms with Gasteiger partial charge < -0.3 is 0 Å². The molecular formula is C42H30S6. The summed E-state index contributed by atoms with van der Waals surface area (Å²) in [4.78, 5) is 8.48. The highest BCUT2D eigenvalue weighted by molar-refractivity contribution is 8.29. The fourth-order valence-corrected chi connectivity index (χ4v) is 15.7. The summed E-state index contributed by atoms with van der Waals surface area (Å²) in [6.45, 7) is 13.7. The van der Waals surface area contributed by atoms with Crippen molar-refractivity contribution in [3.05, 3.63) is 148 Å². The van der Waals surface area contributed by atoms with Crippen molar-refractivity contribution in [2.45, 2.75) is 41.5 Å². The first-order valence-corrected chi connectivity index (χ1v) is 21.1. The standard InChI is InChI=1S/C42H30S6/c1-19-20(2)44-40(43-19)34-28-16-10-7-13-25(28)31-37(34)32-26-14-8-11-17-29(26)35(41-45-21(3)22(4)46-41)39(32)33-27-15-9-12-18-30(27)36(38(31)33)42-47-23(5)24(6)48-42/h7-18H,1-6H3. The molecule has 48 heavy (non-hydrogen) atoms. The molecule has 3 aliphatic heterocycles. The van der Waals surface area contributed by atoms with Crippen LogP contribution in [0.1, 0.15) is 74.9 Å². The van der Waals surface area contributed by atoms with Gasteiger partial charge in [-0.25, -0.2) is 0 Å². The van der Waals surface area contributed by atoms with E-state index in [1.807, 2.05) is 70.6 Å². The average Bonchev–Trinajstić information content (AvgIpc) is 3.91. The van der Waals surface area contributed by atoms with E-state index in [0.29, 0.717) is 0 Å². The van der Waals surface area contributed by atoms with Gasteiger partial charge in [0.25, 0.3) is 0 Å². The molecule has 0 fully saturated rings. The Morgan fingerprint density at radius 3 is 0.708 bits per heavy atom. The second kappa shape index (κ2) is 11.0. The van der Waals surface area contributed by atoms with Crippen molar-refractivity contribution in [2.24, 2.45) is 0 Å². The van der Waals surface area contributed by atoms with Crippen LogP contribution < -0.4 is 0 Å². The minimum Gasteiger partial charge on any atom is -0.0860 e. The van der Waals surface area contributed by atoms with Gasteiger partial charge in [0.15, 0.2) is 0 Å². The van der Waals surface area contributed by atoms with E-state index in [-0.39, 0.29) is 0 Å². The molecule has 0 bridgehead atoms. The lowest BCUT2D eigenvalue weighted by Gasteiger charge is -2.20. The Hall–Kier alpha value is -2.58. The van der Waals surface area contributed by atoms with E-state index in [0.717, 1.165) is 0 Å². The monoisotopic (exact) mass is 726 g/mol. The van der Waals surface area contributed by atoms with Gasteiger partial charge in [0.2, 0.25) is 0 Å². The summed E-state index contributed by atoms with van der Waals surface area (Å²) in [6.07, 6.45) is 0. The minimum absolute atomic E-state index is 1.37. The van der Waals surface area contributed by atoms with Crippen LogP contribution >= 0.6 is 70.6 Å². The fraction of sp³-hybridized carbons (Fsp3) is 0.143. The molecule has 6 heteroatoms. The third-order valence-corrected chi connectivity index (χ3v) is 18.1. The zero-order valence-corrected chi connectivity index (χ0v) is 32.3. The zero-order chi connectivity index (χ0) is 32.6. The second-order valence-corrected chi connectivity index (χ2v) is 20.9. The normalized spacial score (nSPS) is 18.9. The summed E-state index contributed by atoms with van der Waals surface area (Å²) < 4.78 is 4.24. The number of allylic oxidation sites excluding steroid dienone is 6. The molecule has 3 aliphatic carbocycles. The fourth-order valence-electron chi connectivity index (χ4n) is 7.74. The van der Waals surface area contributed by atoms with Crippen molar-refractivity contribution < 1.29 is 0 Å². The number of benzene rings is 4. The molecule has 0 aromatic heterocycles. The molecule has 0 unspecified atom stereocenters. The van der Waals surface area contributed by atoms with E-state index in [1.165, 1.54) is 126 Å². The molecule has 4 aromatic carbocycles. The number of hydrogen-bond donors (Lipinski definition) is 0. The summed E-state index contributed by atoms with van der Waals surface area (Å²) >= 11 is 11.8. The molecule has 0 N–H and O–H groups in total. The van der Waals surface area contributed by atoms with Gasteiger partial charge in [0.05, 0.1) is 12.7 Å². The van der Waals surface area contributed by atoms with E-state index in [4.69, 9.17) is 0 Å². The number of hydrogen-bond acceptors (Lipinski definition) is 6. The lowest BCUT2D eigenvalue weighted by atomic mass is 9.84. The van der Waals surface area contributed by atoms with Gasteiger partial charge in [-0.3, -0.25) is 0 Å². The van der Waals surface area contributed by atoms with Crippen molar-refractivity contribution in [3.8, 4) is 33.4 Å². The highest BCUT2D eigenvalue weighted by atomic mass is 32.2. The Balaban J connectivity index is 1.43. The van der Waals surface area contributed by atoms with Gasteiger partial charge in [-0.15, -0.1) is 0 Å². The molecule has 0 amide bonds. The molecule has 0 saturated carbocycles. The van der Waals surface area contributed by atoms with E-state index in [2.05, 4.69) is 114 Å². The van der Waals surface area contributed by atoms with Gasteiger partial charge in [0.1, 0.15) is 0 Å². The Bertz CT molecular complexity index is 2100. The second-order valence-electron chi connectivity index (χ2n) is 12.8. The first-order chi connectivity index (χ1) is 23.3. The van der Waals surface area contributed by atoms with Crippen LogP contribution in [0.3, 0.4) is 0 Å². The first kappa shape index (κ1) is 30.3. The largest absolute Gasteiger partial charge is 0.0860 e. The zero-order valence-electron chi connectivity index (χ0n) is 27.4. The molecule has 0 nitrogen and oxygen atoms in total. The number of fused-ring (bicyclic) bond motifs is 12. The Kier molecular flexibility index (Phi) is 6.91. The first-order valence-electron chi connectivity index (χ1n) is 16.2. The van der Waals surface area contributed by atoms with Crippen molar-refractivity contribution in [1.82, 2.24) is 0 Å². The topological polar surface area (TPSA) is 0 Å². The quantitative estimate of drug-likeness (QED) is 0.151. The molecule has 0 atom stereocenters. The molecular weight excluding hydrogens is 697 g/mol. The molecule has 3 heterocycles. The summed E-state index contributed by atoms with van der Waals surface area (Å²) in [5.41, 5.74) is 21.0. The maximum absolute atomic E-state index is 2.39. The molecule has 0 saturated heterocycles. The van der Waals surface area contributed by atoms with Crippen molar-refractivity contribution in [3.63, 3.8) is 0 Å². The summed E-state index contributed by atoms with van der Waals surface area (Å²) in [5, 5.41) is 0. The van der Waals surface area contributed by atoms with Gasteiger partial charge in [-0.05, 0) is 121 Å². The maximum Gasteiger partial charge on any atom is 0.0577 e. The van der Waals surface area contributed by atoms with Gasteiger partial charge >= 0.3 is 0 Å². The van der Waals surface area contributed by atoms with Crippen molar-refractivity contribution >= 4 is 87.3 Å². The predicted octanol–water partition coefficient (Wildman–Crippen LogP) is 15.0. The van der Waals surface area contributed by atoms with Crippen LogP contribution in [0.2, 0.25) is 0 Å². The molecule has 234 valence electrons. The molecule has 4 aromatic rings. The summed E-state index contributed by atoms with van der Waals surface area (Å²) in [7, 11) is 0. The van der Waals surface area contributed by atoms with E-state index in [9.17, 15) is 0 Å². The molecule has 0 radical (unpaired) electrons. The third kappa shape index (κ3) is 4.08. The van der Waals surface area contributed by atoms with E-state index >= 15 is 0 Å².